The minimum Gasteiger partial charge on any atom is -0.507 e. The van der Waals surface area contributed by atoms with Crippen molar-refractivity contribution in [3.8, 4) is 51.6 Å². The number of carboxylic acid groups (broad SMARTS) is 1. The molecule has 0 radical (unpaired) electrons. The van der Waals surface area contributed by atoms with E-state index in [1.807, 2.05) is 0 Å². The van der Waals surface area contributed by atoms with Crippen LogP contribution in [0.5, 0.6) is 40.2 Å². The van der Waals surface area contributed by atoms with Crippen LogP contribution in [0.1, 0.15) is 12.0 Å². The summed E-state index contributed by atoms with van der Waals surface area (Å²) in [5.74, 6) is -8.77. The van der Waals surface area contributed by atoms with Crippen molar-refractivity contribution in [3.05, 3.63) is 66.2 Å². The Kier molecular flexibility index (Phi) is 19.7. The van der Waals surface area contributed by atoms with E-state index in [-0.39, 0.29) is 22.3 Å². The molecule has 4 fully saturated rings. The van der Waals surface area contributed by atoms with Crippen molar-refractivity contribution < 1.29 is 158 Å². The summed E-state index contributed by atoms with van der Waals surface area (Å²) in [7, 11) is 0. The van der Waals surface area contributed by atoms with Crippen molar-refractivity contribution in [3.63, 3.8) is 0 Å². The fraction of sp³-hybridized carbons (Fsp3) is 0.490. The minimum atomic E-state index is -2.19. The predicted molar refractivity (Wildman–Crippen MR) is 264 cm³/mol. The van der Waals surface area contributed by atoms with E-state index >= 15 is 0 Å². The highest BCUT2D eigenvalue weighted by atomic mass is 16.7. The normalized spacial score (nSPS) is 33.8. The lowest BCUT2D eigenvalue weighted by Crippen LogP contribution is -2.60. The van der Waals surface area contributed by atoms with Crippen LogP contribution in [0, 0.1) is 0 Å². The topological polar surface area (TPSA) is 519 Å². The summed E-state index contributed by atoms with van der Waals surface area (Å²) in [5.41, 5.74) is -0.329. The van der Waals surface area contributed by atoms with Crippen molar-refractivity contribution in [2.24, 2.45) is 0 Å². The summed E-state index contributed by atoms with van der Waals surface area (Å²) in [4.78, 5) is 36.0. The van der Waals surface area contributed by atoms with Crippen LogP contribution in [-0.2, 0) is 42.8 Å². The fourth-order valence-corrected chi connectivity index (χ4v) is 8.89. The Balaban J connectivity index is 1.07. The molecule has 454 valence electrons. The zero-order chi connectivity index (χ0) is 60.3. The van der Waals surface area contributed by atoms with Gasteiger partial charge in [0.1, 0.15) is 140 Å². The second kappa shape index (κ2) is 26.3. The molecular weight excluding hydrogens is 1120 g/mol. The van der Waals surface area contributed by atoms with Crippen molar-refractivity contribution in [2.45, 2.75) is 129 Å². The van der Waals surface area contributed by atoms with Crippen LogP contribution in [0.2, 0.25) is 0 Å². The number of carbonyl (C=O) groups is 3. The quantitative estimate of drug-likeness (QED) is 0.0180. The molecular formula is C51H59O32+. The van der Waals surface area contributed by atoms with Gasteiger partial charge in [0.25, 0.3) is 0 Å². The molecule has 0 unspecified atom stereocenters. The zero-order valence-corrected chi connectivity index (χ0v) is 42.7. The number of carbonyl (C=O) groups excluding carboxylic acids is 2. The van der Waals surface area contributed by atoms with Crippen molar-refractivity contribution in [2.75, 3.05) is 26.4 Å². The van der Waals surface area contributed by atoms with E-state index in [1.54, 1.807) is 0 Å². The minimum absolute atomic E-state index is 0.113. The number of aliphatic hydroxyl groups is 14. The van der Waals surface area contributed by atoms with Crippen LogP contribution in [0.15, 0.2) is 65.1 Å². The molecule has 18 N–H and O–H groups in total. The average Bonchev–Trinajstić information content (AvgIpc) is 3.64. The molecule has 0 bridgehead atoms. The van der Waals surface area contributed by atoms with Gasteiger partial charge >= 0.3 is 29.3 Å². The third kappa shape index (κ3) is 13.9. The maximum atomic E-state index is 12.9. The molecule has 0 aliphatic carbocycles. The molecule has 4 saturated heterocycles. The number of ether oxygens (including phenoxy) is 10. The van der Waals surface area contributed by atoms with Gasteiger partial charge < -0.3 is 139 Å². The summed E-state index contributed by atoms with van der Waals surface area (Å²) >= 11 is 0. The smallest absolute Gasteiger partial charge is 0.402 e. The van der Waals surface area contributed by atoms with Gasteiger partial charge in [-0.3, -0.25) is 9.59 Å². The largest absolute Gasteiger partial charge is 0.507 e. The van der Waals surface area contributed by atoms with E-state index in [0.29, 0.717) is 5.56 Å². The van der Waals surface area contributed by atoms with E-state index in [2.05, 4.69) is 0 Å². The fourth-order valence-electron chi connectivity index (χ4n) is 8.89. The number of esters is 2. The number of hydrogen-bond donors (Lipinski definition) is 18. The van der Waals surface area contributed by atoms with Crippen LogP contribution in [0.25, 0.3) is 28.4 Å². The first kappa shape index (κ1) is 62.2. The Bertz CT molecular complexity index is 2940. The number of fused-ring (bicyclic) bond motifs is 1. The van der Waals surface area contributed by atoms with Crippen molar-refractivity contribution in [1.82, 2.24) is 0 Å². The Labute approximate surface area is 465 Å². The molecule has 1 aromatic heterocycles. The lowest BCUT2D eigenvalue weighted by Gasteiger charge is -2.40. The first-order valence-electron chi connectivity index (χ1n) is 25.1. The number of carboxylic acids is 1. The molecule has 5 heterocycles. The molecule has 4 aliphatic heterocycles. The molecule has 32 nitrogen and oxygen atoms in total. The highest BCUT2D eigenvalue weighted by molar-refractivity contribution is 5.90. The lowest BCUT2D eigenvalue weighted by molar-refractivity contribution is -0.279. The summed E-state index contributed by atoms with van der Waals surface area (Å²) in [5, 5.41) is 189. The molecule has 0 spiro atoms. The number of aliphatic carboxylic acids is 1. The van der Waals surface area contributed by atoms with Crippen molar-refractivity contribution in [1.29, 1.82) is 0 Å². The molecule has 8 rings (SSSR count). The predicted octanol–water partition coefficient (Wildman–Crippen LogP) is -5.50. The van der Waals surface area contributed by atoms with Crippen LogP contribution in [-0.4, -0.2) is 259 Å². The SMILES string of the molecule is O=C(O)CC(=O)OC[C@H]1O[C@@H](Oc2cc3c(O)cc(O)cc3[o+]c2-c2cc(O[C@@H]3O[C@H](CO)[C@@H](O)[C@H](O)[C@H]3O)c(O)c(O[C@@H]3O[C@H](COC(=O)/C=C/c4ccc(O[C@@H]5O[C@H](CO)[C@@H](O)[C@H](O)[C@H]5O)cc4)[C@@H](O)[C@H](O)[C@H]3O)c2)[C@H](O)[C@@H](O)[C@@H]1O. The van der Waals surface area contributed by atoms with Gasteiger partial charge in [-0.05, 0) is 23.8 Å². The molecule has 0 saturated carbocycles. The first-order chi connectivity index (χ1) is 39.4. The molecule has 32 heteroatoms. The number of aromatic hydroxyl groups is 3. The molecule has 4 aliphatic rings. The molecule has 83 heavy (non-hydrogen) atoms. The Morgan fingerprint density at radius 3 is 1.45 bits per heavy atom. The molecule has 3 aromatic carbocycles. The van der Waals surface area contributed by atoms with E-state index < -0.39 is 214 Å². The van der Waals surface area contributed by atoms with E-state index in [9.17, 15) is 101 Å². The van der Waals surface area contributed by atoms with Crippen LogP contribution in [0.3, 0.4) is 0 Å². The van der Waals surface area contributed by atoms with Crippen LogP contribution >= 0.6 is 0 Å². The van der Waals surface area contributed by atoms with Gasteiger partial charge in [0.2, 0.25) is 36.7 Å². The summed E-state index contributed by atoms with van der Waals surface area (Å²) < 4.78 is 61.7. The highest BCUT2D eigenvalue weighted by Gasteiger charge is 2.50. The van der Waals surface area contributed by atoms with E-state index in [1.165, 1.54) is 30.3 Å². The number of rotatable bonds is 19. The van der Waals surface area contributed by atoms with Crippen molar-refractivity contribution >= 4 is 35.0 Å². The van der Waals surface area contributed by atoms with Gasteiger partial charge in [0.15, 0.2) is 11.5 Å². The lowest BCUT2D eigenvalue weighted by atomic mass is 9.99. The van der Waals surface area contributed by atoms with Crippen LogP contribution < -0.4 is 18.9 Å². The van der Waals surface area contributed by atoms with Gasteiger partial charge in [-0.1, -0.05) is 12.1 Å². The zero-order valence-electron chi connectivity index (χ0n) is 42.7. The average molecular weight is 1180 g/mol. The van der Waals surface area contributed by atoms with Gasteiger partial charge in [-0.2, -0.15) is 0 Å². The third-order valence-corrected chi connectivity index (χ3v) is 13.5. The maximum absolute atomic E-state index is 12.9. The van der Waals surface area contributed by atoms with E-state index in [0.717, 1.165) is 36.4 Å². The molecule has 0 amide bonds. The Morgan fingerprint density at radius 2 is 0.964 bits per heavy atom. The highest BCUT2D eigenvalue weighted by Crippen LogP contribution is 2.47. The van der Waals surface area contributed by atoms with Gasteiger partial charge in [0, 0.05) is 30.3 Å². The second-order valence-electron chi connectivity index (χ2n) is 19.3. The summed E-state index contributed by atoms with van der Waals surface area (Å²) in [6.07, 6.45) is -36.4. The van der Waals surface area contributed by atoms with Gasteiger partial charge in [0.05, 0.1) is 24.8 Å². The monoisotopic (exact) mass is 1180 g/mol. The number of phenolic OH excluding ortho intramolecular Hbond substituents is 3. The van der Waals surface area contributed by atoms with Crippen LogP contribution in [0.4, 0.5) is 0 Å². The van der Waals surface area contributed by atoms with Gasteiger partial charge in [-0.25, -0.2) is 9.21 Å². The Hall–Kier alpha value is -6.90. The Morgan fingerprint density at radius 1 is 0.518 bits per heavy atom. The molecule has 4 aromatic rings. The number of phenols is 3. The summed E-state index contributed by atoms with van der Waals surface area (Å²) in [6, 6.07) is 10.5. The number of hydrogen-bond acceptors (Lipinski definition) is 30. The second-order valence-corrected chi connectivity index (χ2v) is 19.3. The third-order valence-electron chi connectivity index (χ3n) is 13.5. The van der Waals surface area contributed by atoms with E-state index in [4.69, 9.17) is 56.9 Å². The number of benzene rings is 3. The standard InChI is InChI=1S/C51H58O32/c52-13-27-35(61)39(65)43(69)48(80-27)75-20-4-1-17(2-5-20)3-6-32(58)73-15-29-37(63)41(67)45(71)50(82-29)78-25-8-18(7-24(34(25)60)77-49-44(70)40(66)36(62)28(14-53)81-49)47-26(11-21-22(55)9-19(54)10-23(21)76-47)79-51-46(72)42(68)38(64)30(83-51)16-74-33(59)12-31(56)57/h1-11,27-30,35-46,48-53,61-72H,12-16H2,(H3-,54,55,56,57,60)/p+1/b6-3+/t27-,28-,29-,30-,35-,36-,37-,38-,39+,40+,41+,42+,43-,44-,45-,46-,48-,49-,50-,51-/m1/s1. The molecule has 20 atom stereocenters. The number of aliphatic hydroxyl groups excluding tert-OH is 14. The van der Waals surface area contributed by atoms with Gasteiger partial charge in [-0.15, -0.1) is 0 Å². The maximum Gasteiger partial charge on any atom is 0.402 e. The summed E-state index contributed by atoms with van der Waals surface area (Å²) in [6.45, 7) is -3.34. The first-order valence-corrected chi connectivity index (χ1v) is 25.1.